The molecule has 1 atom stereocenters. The third kappa shape index (κ3) is 1.96. The van der Waals surface area contributed by atoms with Crippen molar-refractivity contribution in [2.24, 2.45) is 5.73 Å². The SMILES string of the molecule is CC(N)c1nnnn1-c1ccc(Br)c(F)c1. The highest BCUT2D eigenvalue weighted by Gasteiger charge is 2.13. The summed E-state index contributed by atoms with van der Waals surface area (Å²) in [4.78, 5) is 0. The fraction of sp³-hybridized carbons (Fsp3) is 0.222. The van der Waals surface area contributed by atoms with Gasteiger partial charge < -0.3 is 5.73 Å². The maximum absolute atomic E-state index is 13.3. The fourth-order valence-electron chi connectivity index (χ4n) is 1.28. The van der Waals surface area contributed by atoms with Crippen LogP contribution in [0.25, 0.3) is 5.69 Å². The average molecular weight is 286 g/mol. The van der Waals surface area contributed by atoms with Gasteiger partial charge in [-0.15, -0.1) is 5.10 Å². The van der Waals surface area contributed by atoms with Gasteiger partial charge in [-0.25, -0.2) is 4.39 Å². The lowest BCUT2D eigenvalue weighted by atomic mass is 10.3. The molecule has 0 fully saturated rings. The summed E-state index contributed by atoms with van der Waals surface area (Å²) in [5.74, 6) is 0.116. The summed E-state index contributed by atoms with van der Waals surface area (Å²) in [5.41, 5.74) is 6.24. The van der Waals surface area contributed by atoms with Crippen molar-refractivity contribution in [1.82, 2.24) is 20.2 Å². The molecule has 2 N–H and O–H groups in total. The maximum atomic E-state index is 13.3. The zero-order valence-electron chi connectivity index (χ0n) is 8.43. The molecule has 0 aliphatic heterocycles. The van der Waals surface area contributed by atoms with Gasteiger partial charge in [0.15, 0.2) is 5.82 Å². The van der Waals surface area contributed by atoms with Crippen LogP contribution in [0.4, 0.5) is 4.39 Å². The molecule has 0 radical (unpaired) electrons. The first-order valence-corrected chi connectivity index (χ1v) is 5.38. The van der Waals surface area contributed by atoms with E-state index < -0.39 is 0 Å². The molecule has 0 saturated carbocycles. The van der Waals surface area contributed by atoms with Crippen LogP contribution >= 0.6 is 15.9 Å². The molecule has 5 nitrogen and oxygen atoms in total. The van der Waals surface area contributed by atoms with Gasteiger partial charge in [-0.05, 0) is 45.4 Å². The van der Waals surface area contributed by atoms with E-state index in [0.717, 1.165) is 0 Å². The van der Waals surface area contributed by atoms with Gasteiger partial charge in [0, 0.05) is 6.07 Å². The number of rotatable bonds is 2. The Morgan fingerprint density at radius 1 is 1.50 bits per heavy atom. The summed E-state index contributed by atoms with van der Waals surface area (Å²) in [6, 6.07) is 4.32. The predicted molar refractivity (Wildman–Crippen MR) is 59.4 cm³/mol. The van der Waals surface area contributed by atoms with E-state index in [1.165, 1.54) is 10.7 Å². The fourth-order valence-corrected chi connectivity index (χ4v) is 1.53. The molecule has 0 bridgehead atoms. The number of aromatic nitrogens is 4. The van der Waals surface area contributed by atoms with Gasteiger partial charge in [0.1, 0.15) is 5.82 Å². The van der Waals surface area contributed by atoms with Crippen LogP contribution in [-0.4, -0.2) is 20.2 Å². The Morgan fingerprint density at radius 2 is 2.25 bits per heavy atom. The quantitative estimate of drug-likeness (QED) is 0.910. The topological polar surface area (TPSA) is 69.6 Å². The van der Waals surface area contributed by atoms with Gasteiger partial charge in [-0.2, -0.15) is 4.68 Å². The smallest absolute Gasteiger partial charge is 0.173 e. The van der Waals surface area contributed by atoms with Crippen molar-refractivity contribution in [2.75, 3.05) is 0 Å². The number of hydrogen-bond acceptors (Lipinski definition) is 4. The Bertz CT molecular complexity index is 510. The van der Waals surface area contributed by atoms with Crippen molar-refractivity contribution in [1.29, 1.82) is 0 Å². The minimum Gasteiger partial charge on any atom is -0.321 e. The second-order valence-electron chi connectivity index (χ2n) is 3.34. The highest BCUT2D eigenvalue weighted by atomic mass is 79.9. The minimum atomic E-state index is -0.372. The first kappa shape index (κ1) is 11.2. The van der Waals surface area contributed by atoms with Crippen molar-refractivity contribution in [3.8, 4) is 5.69 Å². The maximum Gasteiger partial charge on any atom is 0.173 e. The number of nitrogens with zero attached hydrogens (tertiary/aromatic N) is 4. The molecule has 0 saturated heterocycles. The first-order chi connectivity index (χ1) is 7.59. The van der Waals surface area contributed by atoms with E-state index in [1.807, 2.05) is 0 Å². The highest BCUT2D eigenvalue weighted by Crippen LogP contribution is 2.19. The molecule has 7 heteroatoms. The van der Waals surface area contributed by atoms with Crippen molar-refractivity contribution in [3.05, 3.63) is 34.3 Å². The normalized spacial score (nSPS) is 12.8. The van der Waals surface area contributed by atoms with E-state index in [9.17, 15) is 4.39 Å². The molecule has 1 unspecified atom stereocenters. The van der Waals surface area contributed by atoms with Gasteiger partial charge in [-0.1, -0.05) is 0 Å². The second-order valence-corrected chi connectivity index (χ2v) is 4.19. The van der Waals surface area contributed by atoms with Crippen molar-refractivity contribution in [3.63, 3.8) is 0 Å². The molecule has 16 heavy (non-hydrogen) atoms. The summed E-state index contributed by atoms with van der Waals surface area (Å²) in [6.07, 6.45) is 0. The van der Waals surface area contributed by atoms with Crippen LogP contribution < -0.4 is 5.73 Å². The molecule has 1 aromatic carbocycles. The Morgan fingerprint density at radius 3 is 2.88 bits per heavy atom. The number of halogens is 2. The molecule has 1 aromatic heterocycles. The van der Waals surface area contributed by atoms with Gasteiger partial charge in [0.05, 0.1) is 16.2 Å². The number of hydrogen-bond donors (Lipinski definition) is 1. The summed E-state index contributed by atoms with van der Waals surface area (Å²) in [5, 5.41) is 11.1. The van der Waals surface area contributed by atoms with Crippen LogP contribution in [0.2, 0.25) is 0 Å². The lowest BCUT2D eigenvalue weighted by Gasteiger charge is -2.07. The van der Waals surface area contributed by atoms with E-state index >= 15 is 0 Å². The van der Waals surface area contributed by atoms with E-state index in [-0.39, 0.29) is 11.9 Å². The molecular weight excluding hydrogens is 277 g/mol. The third-order valence-corrected chi connectivity index (χ3v) is 2.69. The largest absolute Gasteiger partial charge is 0.321 e. The second kappa shape index (κ2) is 4.26. The zero-order chi connectivity index (χ0) is 11.7. The highest BCUT2D eigenvalue weighted by molar-refractivity contribution is 9.10. The Hall–Kier alpha value is -1.34. The molecule has 1 heterocycles. The average Bonchev–Trinajstić information content (AvgIpc) is 2.71. The number of tetrazole rings is 1. The molecule has 0 amide bonds. The summed E-state index contributed by atoms with van der Waals surface area (Å²) in [7, 11) is 0. The Balaban J connectivity index is 2.50. The molecule has 0 aliphatic carbocycles. The summed E-state index contributed by atoms with van der Waals surface area (Å²) in [6.45, 7) is 1.76. The third-order valence-electron chi connectivity index (χ3n) is 2.05. The molecular formula is C9H9BrFN5. The van der Waals surface area contributed by atoms with Crippen molar-refractivity contribution < 1.29 is 4.39 Å². The first-order valence-electron chi connectivity index (χ1n) is 4.59. The molecule has 0 spiro atoms. The summed E-state index contributed by atoms with van der Waals surface area (Å²) >= 11 is 3.08. The molecule has 0 aliphatic rings. The van der Waals surface area contributed by atoms with Crippen LogP contribution in [0.1, 0.15) is 18.8 Å². The molecule has 84 valence electrons. The van der Waals surface area contributed by atoms with E-state index in [2.05, 4.69) is 31.5 Å². The van der Waals surface area contributed by atoms with Crippen molar-refractivity contribution >= 4 is 15.9 Å². The summed E-state index contributed by atoms with van der Waals surface area (Å²) < 4.78 is 15.2. The lowest BCUT2D eigenvalue weighted by molar-refractivity contribution is 0.615. The lowest BCUT2D eigenvalue weighted by Crippen LogP contribution is -2.13. The Kier molecular flexibility index (Phi) is 2.97. The van der Waals surface area contributed by atoms with Gasteiger partial charge >= 0.3 is 0 Å². The van der Waals surface area contributed by atoms with Gasteiger partial charge in [-0.3, -0.25) is 0 Å². The minimum absolute atomic E-state index is 0.318. The number of nitrogens with two attached hydrogens (primary N) is 1. The monoisotopic (exact) mass is 285 g/mol. The number of benzene rings is 1. The zero-order valence-corrected chi connectivity index (χ0v) is 10.0. The van der Waals surface area contributed by atoms with E-state index in [1.54, 1.807) is 19.1 Å². The van der Waals surface area contributed by atoms with Gasteiger partial charge in [0.2, 0.25) is 0 Å². The van der Waals surface area contributed by atoms with Crippen molar-refractivity contribution in [2.45, 2.75) is 13.0 Å². The molecule has 2 aromatic rings. The Labute approximate surface area is 99.6 Å². The van der Waals surface area contributed by atoms with Gasteiger partial charge in [0.25, 0.3) is 0 Å². The molecule has 2 rings (SSSR count). The van der Waals surface area contributed by atoms with E-state index in [4.69, 9.17) is 5.73 Å². The predicted octanol–water partition coefficient (Wildman–Crippen LogP) is 1.58. The van der Waals surface area contributed by atoms with Crippen LogP contribution in [0.15, 0.2) is 22.7 Å². The van der Waals surface area contributed by atoms with Crippen LogP contribution in [0.3, 0.4) is 0 Å². The van der Waals surface area contributed by atoms with E-state index in [0.29, 0.717) is 16.0 Å². The van der Waals surface area contributed by atoms with Crippen LogP contribution in [-0.2, 0) is 0 Å². The van der Waals surface area contributed by atoms with Crippen LogP contribution in [0, 0.1) is 5.82 Å². The standard InChI is InChI=1S/C9H9BrFN5/c1-5(12)9-13-14-15-16(9)6-2-3-7(10)8(11)4-6/h2-5H,12H2,1H3. The van der Waals surface area contributed by atoms with Crippen LogP contribution in [0.5, 0.6) is 0 Å².